The minimum Gasteiger partial charge on any atom is -0.381 e. The van der Waals surface area contributed by atoms with Crippen LogP contribution in [0.2, 0.25) is 0 Å². The number of hydrogen-bond donors (Lipinski definition) is 1. The monoisotopic (exact) mass is 211 g/mol. The van der Waals surface area contributed by atoms with E-state index in [0.29, 0.717) is 9.15 Å². The van der Waals surface area contributed by atoms with E-state index in [4.69, 9.17) is 5.73 Å². The van der Waals surface area contributed by atoms with Gasteiger partial charge in [0.2, 0.25) is 0 Å². The molecule has 2 N–H and O–H groups in total. The predicted octanol–water partition coefficient (Wildman–Crippen LogP) is 1.62. The SMILES string of the molecule is Nc1nn(C(F)F)cc1Br. The van der Waals surface area contributed by atoms with E-state index in [1.807, 2.05) is 0 Å². The molecule has 6 heteroatoms. The van der Waals surface area contributed by atoms with Crippen molar-refractivity contribution in [1.82, 2.24) is 9.78 Å². The van der Waals surface area contributed by atoms with Crippen LogP contribution in [0.1, 0.15) is 6.55 Å². The summed E-state index contributed by atoms with van der Waals surface area (Å²) < 4.78 is 24.4. The zero-order valence-corrected chi connectivity index (χ0v) is 6.35. The lowest BCUT2D eigenvalue weighted by Crippen LogP contribution is -1.98. The maximum absolute atomic E-state index is 11.8. The zero-order chi connectivity index (χ0) is 7.72. The summed E-state index contributed by atoms with van der Waals surface area (Å²) in [7, 11) is 0. The summed E-state index contributed by atoms with van der Waals surface area (Å²) in [5, 5.41) is 3.31. The Balaban J connectivity index is 2.98. The molecule has 1 heterocycles. The van der Waals surface area contributed by atoms with E-state index in [9.17, 15) is 8.78 Å². The number of aromatic nitrogens is 2. The molecule has 0 aliphatic rings. The van der Waals surface area contributed by atoms with Crippen molar-refractivity contribution in [3.05, 3.63) is 10.7 Å². The van der Waals surface area contributed by atoms with Gasteiger partial charge in [-0.2, -0.15) is 8.78 Å². The molecule has 10 heavy (non-hydrogen) atoms. The second kappa shape index (κ2) is 2.53. The highest BCUT2D eigenvalue weighted by atomic mass is 79.9. The number of nitrogen functional groups attached to an aromatic ring is 1. The second-order valence-corrected chi connectivity index (χ2v) is 2.47. The minimum absolute atomic E-state index is 0.0697. The number of rotatable bonds is 1. The molecule has 0 bridgehead atoms. The van der Waals surface area contributed by atoms with Crippen LogP contribution in [-0.2, 0) is 0 Å². The maximum atomic E-state index is 11.8. The van der Waals surface area contributed by atoms with Gasteiger partial charge in [-0.05, 0) is 15.9 Å². The molecular weight excluding hydrogens is 208 g/mol. The van der Waals surface area contributed by atoms with Gasteiger partial charge in [0.05, 0.1) is 4.47 Å². The molecule has 0 radical (unpaired) electrons. The van der Waals surface area contributed by atoms with E-state index >= 15 is 0 Å². The first-order valence-corrected chi connectivity index (χ1v) is 3.19. The Hall–Kier alpha value is -0.650. The van der Waals surface area contributed by atoms with Gasteiger partial charge in [-0.1, -0.05) is 0 Å². The van der Waals surface area contributed by atoms with Crippen molar-refractivity contribution in [1.29, 1.82) is 0 Å². The highest BCUT2D eigenvalue weighted by Gasteiger charge is 2.09. The standard InChI is InChI=1S/C4H4BrF2N3/c5-2-1-10(4(6)7)9-3(2)8/h1,4H,(H2,8,9). The van der Waals surface area contributed by atoms with Gasteiger partial charge < -0.3 is 5.73 Å². The first kappa shape index (κ1) is 7.46. The van der Waals surface area contributed by atoms with Crippen LogP contribution in [0.25, 0.3) is 0 Å². The van der Waals surface area contributed by atoms with Crippen LogP contribution in [0.4, 0.5) is 14.6 Å². The lowest BCUT2D eigenvalue weighted by molar-refractivity contribution is 0.0568. The van der Waals surface area contributed by atoms with Crippen molar-refractivity contribution in [3.8, 4) is 0 Å². The van der Waals surface area contributed by atoms with Gasteiger partial charge in [-0.15, -0.1) is 5.10 Å². The summed E-state index contributed by atoms with van der Waals surface area (Å²) in [5.74, 6) is 0.0697. The summed E-state index contributed by atoms with van der Waals surface area (Å²) in [4.78, 5) is 0. The van der Waals surface area contributed by atoms with E-state index in [2.05, 4.69) is 21.0 Å². The number of hydrogen-bond acceptors (Lipinski definition) is 2. The molecule has 3 nitrogen and oxygen atoms in total. The predicted molar refractivity (Wildman–Crippen MR) is 35.6 cm³/mol. The van der Waals surface area contributed by atoms with Gasteiger partial charge in [0.15, 0.2) is 5.82 Å². The third-order valence-corrected chi connectivity index (χ3v) is 1.52. The summed E-state index contributed by atoms with van der Waals surface area (Å²) >= 11 is 2.94. The number of anilines is 1. The third-order valence-electron chi connectivity index (χ3n) is 0.913. The number of alkyl halides is 2. The molecule has 0 aliphatic heterocycles. The number of nitrogens with zero attached hydrogens (tertiary/aromatic N) is 2. The van der Waals surface area contributed by atoms with Gasteiger partial charge >= 0.3 is 6.55 Å². The van der Waals surface area contributed by atoms with Crippen molar-refractivity contribution in [3.63, 3.8) is 0 Å². The fourth-order valence-electron chi connectivity index (χ4n) is 0.483. The quantitative estimate of drug-likeness (QED) is 0.768. The Labute approximate surface area is 63.9 Å². The van der Waals surface area contributed by atoms with E-state index in [-0.39, 0.29) is 5.82 Å². The molecule has 0 fully saturated rings. The molecule has 1 aromatic rings. The Bertz CT molecular complexity index is 215. The van der Waals surface area contributed by atoms with E-state index in [1.165, 1.54) is 0 Å². The molecule has 0 amide bonds. The van der Waals surface area contributed by atoms with E-state index < -0.39 is 6.55 Å². The molecule has 0 aliphatic carbocycles. The molecule has 0 saturated heterocycles. The molecule has 0 saturated carbocycles. The van der Waals surface area contributed by atoms with E-state index in [0.717, 1.165) is 6.20 Å². The van der Waals surface area contributed by atoms with Gasteiger partial charge in [0.25, 0.3) is 0 Å². The number of halogens is 3. The highest BCUT2D eigenvalue weighted by Crippen LogP contribution is 2.19. The van der Waals surface area contributed by atoms with Crippen LogP contribution in [0, 0.1) is 0 Å². The molecule has 1 rings (SSSR count). The summed E-state index contributed by atoms with van der Waals surface area (Å²) in [6, 6.07) is 0. The van der Waals surface area contributed by atoms with Crippen molar-refractivity contribution in [2.45, 2.75) is 6.55 Å². The lowest BCUT2D eigenvalue weighted by Gasteiger charge is -1.94. The Morgan fingerprint density at radius 2 is 2.30 bits per heavy atom. The smallest absolute Gasteiger partial charge is 0.333 e. The first-order chi connectivity index (χ1) is 4.61. The number of nitrogens with two attached hydrogens (primary N) is 1. The summed E-state index contributed by atoms with van der Waals surface area (Å²) in [5.41, 5.74) is 5.17. The van der Waals surface area contributed by atoms with Crippen LogP contribution >= 0.6 is 15.9 Å². The molecule has 1 aromatic heterocycles. The van der Waals surface area contributed by atoms with Crippen LogP contribution in [-0.4, -0.2) is 9.78 Å². The van der Waals surface area contributed by atoms with Gasteiger partial charge in [0.1, 0.15) is 0 Å². The van der Waals surface area contributed by atoms with Crippen LogP contribution in [0.15, 0.2) is 10.7 Å². The van der Waals surface area contributed by atoms with E-state index in [1.54, 1.807) is 0 Å². The fourth-order valence-corrected chi connectivity index (χ4v) is 0.772. The molecule has 0 unspecified atom stereocenters. The van der Waals surface area contributed by atoms with Crippen LogP contribution in [0.5, 0.6) is 0 Å². The molecular formula is C4H4BrF2N3. The van der Waals surface area contributed by atoms with Gasteiger partial charge in [0, 0.05) is 6.20 Å². The normalized spacial score (nSPS) is 10.8. The van der Waals surface area contributed by atoms with Gasteiger partial charge in [-0.25, -0.2) is 4.68 Å². The van der Waals surface area contributed by atoms with Crippen molar-refractivity contribution < 1.29 is 8.78 Å². The van der Waals surface area contributed by atoms with Crippen LogP contribution < -0.4 is 5.73 Å². The molecule has 56 valence electrons. The third kappa shape index (κ3) is 1.26. The lowest BCUT2D eigenvalue weighted by atomic mass is 10.7. The topological polar surface area (TPSA) is 43.8 Å². The van der Waals surface area contributed by atoms with Crippen molar-refractivity contribution >= 4 is 21.7 Å². The average molecular weight is 212 g/mol. The zero-order valence-electron chi connectivity index (χ0n) is 4.76. The second-order valence-electron chi connectivity index (χ2n) is 1.62. The minimum atomic E-state index is -2.63. The first-order valence-electron chi connectivity index (χ1n) is 2.39. The summed E-state index contributed by atoms with van der Waals surface area (Å²) in [6.07, 6.45) is 1.12. The maximum Gasteiger partial charge on any atom is 0.333 e. The summed E-state index contributed by atoms with van der Waals surface area (Å²) in [6.45, 7) is -2.63. The van der Waals surface area contributed by atoms with Crippen LogP contribution in [0.3, 0.4) is 0 Å². The van der Waals surface area contributed by atoms with Crippen molar-refractivity contribution in [2.24, 2.45) is 0 Å². The Morgan fingerprint density at radius 3 is 2.50 bits per heavy atom. The van der Waals surface area contributed by atoms with Gasteiger partial charge in [-0.3, -0.25) is 0 Å². The van der Waals surface area contributed by atoms with Crippen molar-refractivity contribution in [2.75, 3.05) is 5.73 Å². The average Bonchev–Trinajstić information content (AvgIpc) is 2.13. The Kier molecular flexibility index (Phi) is 1.89. The highest BCUT2D eigenvalue weighted by molar-refractivity contribution is 9.10. The molecule has 0 spiro atoms. The molecule has 0 aromatic carbocycles. The fraction of sp³-hybridized carbons (Fsp3) is 0.250. The largest absolute Gasteiger partial charge is 0.381 e. The Morgan fingerprint density at radius 1 is 1.70 bits per heavy atom. The molecule has 0 atom stereocenters.